The van der Waals surface area contributed by atoms with Gasteiger partial charge in [-0.15, -0.1) is 0 Å². The van der Waals surface area contributed by atoms with Gasteiger partial charge in [0.25, 0.3) is 0 Å². The molecule has 0 heterocycles. The van der Waals surface area contributed by atoms with Gasteiger partial charge < -0.3 is 15.4 Å². The third kappa shape index (κ3) is 5.42. The molecule has 0 aliphatic rings. The molecule has 0 radical (unpaired) electrons. The van der Waals surface area contributed by atoms with Gasteiger partial charge in [0.2, 0.25) is 0 Å². The number of hydrogen-bond donors (Lipinski definition) is 2. The molecule has 0 aliphatic carbocycles. The van der Waals surface area contributed by atoms with E-state index in [0.717, 1.165) is 18.4 Å². The third-order valence-electron chi connectivity index (χ3n) is 2.64. The molecule has 0 aromatic heterocycles. The van der Waals surface area contributed by atoms with Crippen LogP contribution in [0.5, 0.6) is 0 Å². The summed E-state index contributed by atoms with van der Waals surface area (Å²) in [5, 5.41) is 5.52. The van der Waals surface area contributed by atoms with Crippen LogP contribution in [0.2, 0.25) is 0 Å². The maximum atomic E-state index is 11.4. The van der Waals surface area contributed by atoms with Crippen LogP contribution in [-0.4, -0.2) is 25.7 Å². The van der Waals surface area contributed by atoms with Crippen molar-refractivity contribution in [2.75, 3.05) is 13.7 Å². The summed E-state index contributed by atoms with van der Waals surface area (Å²) in [4.78, 5) is 22.7. The summed E-state index contributed by atoms with van der Waals surface area (Å²) in [5.41, 5.74) is 1.43. The third-order valence-corrected chi connectivity index (χ3v) is 2.64. The van der Waals surface area contributed by atoms with Crippen molar-refractivity contribution < 1.29 is 14.3 Å². The van der Waals surface area contributed by atoms with Crippen LogP contribution in [0.25, 0.3) is 0 Å². The number of amides is 2. The van der Waals surface area contributed by atoms with Crippen LogP contribution in [0.1, 0.15) is 35.7 Å². The molecule has 19 heavy (non-hydrogen) atoms. The van der Waals surface area contributed by atoms with Crippen molar-refractivity contribution >= 4 is 12.0 Å². The highest BCUT2D eigenvalue weighted by Gasteiger charge is 2.04. The van der Waals surface area contributed by atoms with Crippen molar-refractivity contribution in [1.82, 2.24) is 10.6 Å². The van der Waals surface area contributed by atoms with Gasteiger partial charge in [0.1, 0.15) is 0 Å². The first-order chi connectivity index (χ1) is 9.17. The van der Waals surface area contributed by atoms with Crippen LogP contribution in [-0.2, 0) is 11.3 Å². The largest absolute Gasteiger partial charge is 0.465 e. The molecule has 0 saturated heterocycles. The predicted octanol–water partition coefficient (Wildman–Crippen LogP) is 2.07. The molecule has 1 rings (SSSR count). The summed E-state index contributed by atoms with van der Waals surface area (Å²) >= 11 is 0. The van der Waals surface area contributed by atoms with Crippen LogP contribution >= 0.6 is 0 Å². The lowest BCUT2D eigenvalue weighted by atomic mass is 10.1. The van der Waals surface area contributed by atoms with E-state index in [9.17, 15) is 9.59 Å². The maximum absolute atomic E-state index is 11.4. The van der Waals surface area contributed by atoms with E-state index in [4.69, 9.17) is 0 Å². The van der Waals surface area contributed by atoms with Crippen molar-refractivity contribution in [3.8, 4) is 0 Å². The molecule has 0 fully saturated rings. The molecule has 0 saturated carbocycles. The fourth-order valence-corrected chi connectivity index (χ4v) is 1.50. The zero-order chi connectivity index (χ0) is 14.1. The summed E-state index contributed by atoms with van der Waals surface area (Å²) in [5.74, 6) is -0.364. The Labute approximate surface area is 113 Å². The molecule has 5 nitrogen and oxygen atoms in total. The SMILES string of the molecule is CCCCNC(=O)NCc1ccc(C(=O)OC)cc1. The Morgan fingerprint density at radius 1 is 1.16 bits per heavy atom. The predicted molar refractivity (Wildman–Crippen MR) is 72.9 cm³/mol. The molecule has 0 bridgehead atoms. The molecule has 5 heteroatoms. The van der Waals surface area contributed by atoms with Gasteiger partial charge in [-0.05, 0) is 24.1 Å². The fraction of sp³-hybridized carbons (Fsp3) is 0.429. The zero-order valence-corrected chi connectivity index (χ0v) is 11.4. The normalized spacial score (nSPS) is 9.79. The van der Waals surface area contributed by atoms with E-state index < -0.39 is 0 Å². The van der Waals surface area contributed by atoms with Crippen LogP contribution in [0.15, 0.2) is 24.3 Å². The highest BCUT2D eigenvalue weighted by Crippen LogP contribution is 2.05. The van der Waals surface area contributed by atoms with Gasteiger partial charge in [-0.25, -0.2) is 9.59 Å². The van der Waals surface area contributed by atoms with E-state index in [1.54, 1.807) is 24.3 Å². The van der Waals surface area contributed by atoms with Gasteiger partial charge in [0.15, 0.2) is 0 Å². The lowest BCUT2D eigenvalue weighted by Gasteiger charge is -2.07. The number of esters is 1. The van der Waals surface area contributed by atoms with Crippen LogP contribution < -0.4 is 10.6 Å². The molecular formula is C14H20N2O3. The highest BCUT2D eigenvalue weighted by molar-refractivity contribution is 5.89. The Kier molecular flexibility index (Phi) is 6.43. The number of rotatable bonds is 6. The first-order valence-electron chi connectivity index (χ1n) is 6.36. The number of carbonyl (C=O) groups is 2. The standard InChI is InChI=1S/C14H20N2O3/c1-3-4-9-15-14(18)16-10-11-5-7-12(8-6-11)13(17)19-2/h5-8H,3-4,9-10H2,1-2H3,(H2,15,16,18). The second-order valence-corrected chi connectivity index (χ2v) is 4.15. The lowest BCUT2D eigenvalue weighted by molar-refractivity contribution is 0.0600. The Balaban J connectivity index is 2.37. The van der Waals surface area contributed by atoms with Crippen LogP contribution in [0.4, 0.5) is 4.79 Å². The molecule has 2 N–H and O–H groups in total. The van der Waals surface area contributed by atoms with Crippen molar-refractivity contribution in [3.63, 3.8) is 0 Å². The number of unbranched alkanes of at least 4 members (excludes halogenated alkanes) is 1. The van der Waals surface area contributed by atoms with E-state index in [1.807, 2.05) is 0 Å². The Morgan fingerprint density at radius 3 is 2.42 bits per heavy atom. The molecule has 0 aliphatic heterocycles. The van der Waals surface area contributed by atoms with Crippen molar-refractivity contribution in [2.24, 2.45) is 0 Å². The number of urea groups is 1. The average molecular weight is 264 g/mol. The van der Waals surface area contributed by atoms with Crippen LogP contribution in [0, 0.1) is 0 Å². The van der Waals surface area contributed by atoms with Gasteiger partial charge in [0.05, 0.1) is 12.7 Å². The highest BCUT2D eigenvalue weighted by atomic mass is 16.5. The minimum atomic E-state index is -0.364. The molecule has 1 aromatic carbocycles. The topological polar surface area (TPSA) is 67.4 Å². The monoisotopic (exact) mass is 264 g/mol. The van der Waals surface area contributed by atoms with Crippen molar-refractivity contribution in [1.29, 1.82) is 0 Å². The minimum absolute atomic E-state index is 0.175. The second-order valence-electron chi connectivity index (χ2n) is 4.15. The summed E-state index contributed by atoms with van der Waals surface area (Å²) in [7, 11) is 1.35. The number of carbonyl (C=O) groups excluding carboxylic acids is 2. The average Bonchev–Trinajstić information content (AvgIpc) is 2.45. The van der Waals surface area contributed by atoms with Crippen molar-refractivity contribution in [3.05, 3.63) is 35.4 Å². The number of benzene rings is 1. The Bertz CT molecular complexity index is 415. The number of nitrogens with one attached hydrogen (secondary N) is 2. The molecule has 0 atom stereocenters. The quantitative estimate of drug-likeness (QED) is 0.610. The van der Waals surface area contributed by atoms with E-state index in [2.05, 4.69) is 22.3 Å². The number of hydrogen-bond acceptors (Lipinski definition) is 3. The van der Waals surface area contributed by atoms with Crippen LogP contribution in [0.3, 0.4) is 0 Å². The Morgan fingerprint density at radius 2 is 1.84 bits per heavy atom. The van der Waals surface area contributed by atoms with Gasteiger partial charge in [-0.1, -0.05) is 25.5 Å². The van der Waals surface area contributed by atoms with Crippen molar-refractivity contribution in [2.45, 2.75) is 26.3 Å². The van der Waals surface area contributed by atoms with E-state index in [0.29, 0.717) is 18.7 Å². The molecule has 0 unspecified atom stereocenters. The first kappa shape index (κ1) is 15.0. The summed E-state index contributed by atoms with van der Waals surface area (Å²) in [6.45, 7) is 3.19. The minimum Gasteiger partial charge on any atom is -0.465 e. The first-order valence-corrected chi connectivity index (χ1v) is 6.36. The van der Waals surface area contributed by atoms with Gasteiger partial charge in [-0.2, -0.15) is 0 Å². The maximum Gasteiger partial charge on any atom is 0.337 e. The molecular weight excluding hydrogens is 244 g/mol. The van der Waals surface area contributed by atoms with E-state index in [1.165, 1.54) is 7.11 Å². The summed E-state index contributed by atoms with van der Waals surface area (Å²) in [6, 6.07) is 6.76. The number of methoxy groups -OCH3 is 1. The zero-order valence-electron chi connectivity index (χ0n) is 11.4. The second kappa shape index (κ2) is 8.13. The number of ether oxygens (including phenoxy) is 1. The Hall–Kier alpha value is -2.04. The summed E-state index contributed by atoms with van der Waals surface area (Å²) < 4.78 is 4.61. The lowest BCUT2D eigenvalue weighted by Crippen LogP contribution is -2.35. The molecule has 104 valence electrons. The smallest absolute Gasteiger partial charge is 0.337 e. The van der Waals surface area contributed by atoms with Gasteiger partial charge in [-0.3, -0.25) is 0 Å². The molecule has 2 amide bonds. The van der Waals surface area contributed by atoms with Gasteiger partial charge in [0, 0.05) is 13.1 Å². The van der Waals surface area contributed by atoms with E-state index >= 15 is 0 Å². The molecule has 0 spiro atoms. The molecule has 1 aromatic rings. The van der Waals surface area contributed by atoms with E-state index in [-0.39, 0.29) is 12.0 Å². The fourth-order valence-electron chi connectivity index (χ4n) is 1.50. The summed E-state index contributed by atoms with van der Waals surface area (Å²) in [6.07, 6.45) is 2.02. The van der Waals surface area contributed by atoms with Gasteiger partial charge >= 0.3 is 12.0 Å².